The first-order valence-corrected chi connectivity index (χ1v) is 9.34. The Morgan fingerprint density at radius 2 is 1.73 bits per heavy atom. The second-order valence-electron chi connectivity index (χ2n) is 5.86. The molecule has 0 bridgehead atoms. The fourth-order valence-electron chi connectivity index (χ4n) is 2.49. The molecule has 3 nitrogen and oxygen atoms in total. The van der Waals surface area contributed by atoms with Crippen LogP contribution in [0.2, 0.25) is 10.0 Å². The van der Waals surface area contributed by atoms with Crippen LogP contribution in [-0.2, 0) is 13.2 Å². The third kappa shape index (κ3) is 6.88. The van der Waals surface area contributed by atoms with Crippen LogP contribution in [0.4, 0.5) is 0 Å². The van der Waals surface area contributed by atoms with Crippen molar-refractivity contribution in [2.24, 2.45) is 0 Å². The first-order valence-electron chi connectivity index (χ1n) is 8.59. The summed E-state index contributed by atoms with van der Waals surface area (Å²) in [5.74, 6) is 1.38. The van der Waals surface area contributed by atoms with Crippen LogP contribution in [0.25, 0.3) is 0 Å². The van der Waals surface area contributed by atoms with Crippen molar-refractivity contribution < 1.29 is 9.47 Å². The van der Waals surface area contributed by atoms with Gasteiger partial charge in [0.25, 0.3) is 0 Å². The summed E-state index contributed by atoms with van der Waals surface area (Å²) in [5, 5.41) is 4.64. The minimum absolute atomic E-state index is 0. The zero-order valence-corrected chi connectivity index (χ0v) is 17.5. The fourth-order valence-corrected chi connectivity index (χ4v) is 3.00. The van der Waals surface area contributed by atoms with Crippen molar-refractivity contribution >= 4 is 35.6 Å². The molecule has 2 aromatic carbocycles. The van der Waals surface area contributed by atoms with E-state index >= 15 is 0 Å². The molecule has 0 spiro atoms. The lowest BCUT2D eigenvalue weighted by Crippen LogP contribution is -2.14. The average Bonchev–Trinajstić information content (AvgIpc) is 2.61. The smallest absolute Gasteiger partial charge is 0.161 e. The number of unbranched alkanes of at least 4 members (excludes halogenated alkanes) is 2. The van der Waals surface area contributed by atoms with Gasteiger partial charge in [-0.3, -0.25) is 0 Å². The molecule has 26 heavy (non-hydrogen) atoms. The second kappa shape index (κ2) is 12.3. The second-order valence-corrected chi connectivity index (χ2v) is 6.67. The van der Waals surface area contributed by atoms with Crippen LogP contribution in [0.5, 0.6) is 11.5 Å². The van der Waals surface area contributed by atoms with Gasteiger partial charge in [0.2, 0.25) is 0 Å². The van der Waals surface area contributed by atoms with Crippen molar-refractivity contribution in [3.05, 3.63) is 57.6 Å². The lowest BCUT2D eigenvalue weighted by molar-refractivity contribution is 0.284. The Morgan fingerprint density at radius 1 is 1.00 bits per heavy atom. The minimum atomic E-state index is 0. The highest BCUT2D eigenvalue weighted by atomic mass is 35.5. The Balaban J connectivity index is 0.00000338. The van der Waals surface area contributed by atoms with Gasteiger partial charge in [-0.25, -0.2) is 0 Å². The lowest BCUT2D eigenvalue weighted by atomic mass is 10.2. The van der Waals surface area contributed by atoms with Gasteiger partial charge >= 0.3 is 0 Å². The molecule has 1 N–H and O–H groups in total. The molecule has 0 radical (unpaired) electrons. The molecule has 2 aromatic rings. The molecule has 0 aliphatic heterocycles. The fraction of sp³-hybridized carbons (Fsp3) is 0.400. The van der Waals surface area contributed by atoms with Crippen molar-refractivity contribution in [2.45, 2.75) is 39.3 Å². The Bertz CT molecular complexity index is 660. The molecule has 6 heteroatoms. The molecule has 0 heterocycles. The number of methoxy groups -OCH3 is 1. The van der Waals surface area contributed by atoms with E-state index in [1.54, 1.807) is 19.2 Å². The zero-order valence-electron chi connectivity index (χ0n) is 15.2. The first kappa shape index (κ1) is 22.9. The maximum absolute atomic E-state index is 6.18. The molecule has 0 aliphatic rings. The van der Waals surface area contributed by atoms with E-state index in [1.165, 1.54) is 19.3 Å². The molecule has 0 fully saturated rings. The number of benzene rings is 2. The number of ether oxygens (including phenoxy) is 2. The number of nitrogens with one attached hydrogen (secondary N) is 1. The van der Waals surface area contributed by atoms with Crippen molar-refractivity contribution in [3.63, 3.8) is 0 Å². The molecule has 0 aliphatic carbocycles. The molecule has 2 rings (SSSR count). The molecular formula is C20H26Cl3NO2. The summed E-state index contributed by atoms with van der Waals surface area (Å²) in [6, 6.07) is 11.4. The van der Waals surface area contributed by atoms with Gasteiger partial charge in [-0.15, -0.1) is 12.4 Å². The van der Waals surface area contributed by atoms with Gasteiger partial charge in [0.05, 0.1) is 7.11 Å². The Labute approximate surface area is 172 Å². The van der Waals surface area contributed by atoms with Crippen molar-refractivity contribution in [1.29, 1.82) is 0 Å². The van der Waals surface area contributed by atoms with Crippen molar-refractivity contribution in [3.8, 4) is 11.5 Å². The van der Waals surface area contributed by atoms with Gasteiger partial charge < -0.3 is 14.8 Å². The Kier molecular flexibility index (Phi) is 10.8. The van der Waals surface area contributed by atoms with Crippen LogP contribution < -0.4 is 14.8 Å². The van der Waals surface area contributed by atoms with Gasteiger partial charge in [0.15, 0.2) is 11.5 Å². The predicted octanol–water partition coefficient (Wildman–Crippen LogP) is 6.28. The van der Waals surface area contributed by atoms with E-state index in [9.17, 15) is 0 Å². The third-order valence-electron chi connectivity index (χ3n) is 3.95. The average molecular weight is 419 g/mol. The standard InChI is InChI=1S/C20H25Cl2NO2.ClH/c1-3-4-5-11-23-13-15-9-10-19(20(12-15)24-2)25-14-16-17(21)7-6-8-18(16)22;/h6-10,12,23H,3-5,11,13-14H2,1-2H3;1H. The molecule has 0 atom stereocenters. The van der Waals surface area contributed by atoms with Gasteiger partial charge in [-0.2, -0.15) is 0 Å². The van der Waals surface area contributed by atoms with Gasteiger partial charge in [-0.1, -0.05) is 55.1 Å². The molecular weight excluding hydrogens is 393 g/mol. The molecule has 0 saturated carbocycles. The monoisotopic (exact) mass is 417 g/mol. The summed E-state index contributed by atoms with van der Waals surface area (Å²) < 4.78 is 11.3. The number of halogens is 3. The summed E-state index contributed by atoms with van der Waals surface area (Å²) in [6.07, 6.45) is 3.69. The van der Waals surface area contributed by atoms with Crippen LogP contribution in [-0.4, -0.2) is 13.7 Å². The Hall–Kier alpha value is -1.13. The van der Waals surface area contributed by atoms with Crippen LogP contribution in [0.15, 0.2) is 36.4 Å². The van der Waals surface area contributed by atoms with E-state index in [0.717, 1.165) is 24.2 Å². The summed E-state index contributed by atoms with van der Waals surface area (Å²) in [7, 11) is 1.64. The van der Waals surface area contributed by atoms with Crippen LogP contribution >= 0.6 is 35.6 Å². The van der Waals surface area contributed by atoms with E-state index in [0.29, 0.717) is 28.2 Å². The number of hydrogen-bond donors (Lipinski definition) is 1. The van der Waals surface area contributed by atoms with E-state index < -0.39 is 0 Å². The van der Waals surface area contributed by atoms with E-state index in [4.69, 9.17) is 32.7 Å². The molecule has 0 unspecified atom stereocenters. The van der Waals surface area contributed by atoms with Crippen LogP contribution in [0.1, 0.15) is 37.3 Å². The van der Waals surface area contributed by atoms with E-state index in [1.807, 2.05) is 24.3 Å². The zero-order chi connectivity index (χ0) is 18.1. The van der Waals surface area contributed by atoms with E-state index in [-0.39, 0.29) is 12.4 Å². The third-order valence-corrected chi connectivity index (χ3v) is 4.66. The SMILES string of the molecule is CCCCCNCc1ccc(OCc2c(Cl)cccc2Cl)c(OC)c1.Cl. The first-order chi connectivity index (χ1) is 12.2. The van der Waals surface area contributed by atoms with Crippen molar-refractivity contribution in [2.75, 3.05) is 13.7 Å². The maximum atomic E-state index is 6.18. The minimum Gasteiger partial charge on any atom is -0.493 e. The van der Waals surface area contributed by atoms with Crippen LogP contribution in [0, 0.1) is 0 Å². The lowest BCUT2D eigenvalue weighted by Gasteiger charge is -2.14. The van der Waals surface area contributed by atoms with Crippen LogP contribution in [0.3, 0.4) is 0 Å². The largest absolute Gasteiger partial charge is 0.493 e. The summed E-state index contributed by atoms with van der Waals surface area (Å²) in [4.78, 5) is 0. The Morgan fingerprint density at radius 3 is 2.38 bits per heavy atom. The van der Waals surface area contributed by atoms with Gasteiger partial charge in [-0.05, 0) is 42.8 Å². The summed E-state index contributed by atoms with van der Waals surface area (Å²) >= 11 is 12.4. The number of rotatable bonds is 10. The molecule has 0 amide bonds. The van der Waals surface area contributed by atoms with Crippen molar-refractivity contribution in [1.82, 2.24) is 5.32 Å². The number of hydrogen-bond acceptors (Lipinski definition) is 3. The van der Waals surface area contributed by atoms with Gasteiger partial charge in [0.1, 0.15) is 6.61 Å². The topological polar surface area (TPSA) is 30.5 Å². The maximum Gasteiger partial charge on any atom is 0.161 e. The molecule has 0 aromatic heterocycles. The molecule has 144 valence electrons. The highest BCUT2D eigenvalue weighted by molar-refractivity contribution is 6.35. The predicted molar refractivity (Wildman–Crippen MR) is 112 cm³/mol. The van der Waals surface area contributed by atoms with Gasteiger partial charge in [0, 0.05) is 22.2 Å². The summed E-state index contributed by atoms with van der Waals surface area (Å²) in [6.45, 7) is 4.35. The normalized spacial score (nSPS) is 10.3. The summed E-state index contributed by atoms with van der Waals surface area (Å²) in [5.41, 5.74) is 1.94. The highest BCUT2D eigenvalue weighted by Gasteiger charge is 2.10. The quantitative estimate of drug-likeness (QED) is 0.460. The van der Waals surface area contributed by atoms with E-state index in [2.05, 4.69) is 12.2 Å². The molecule has 0 saturated heterocycles. The highest BCUT2D eigenvalue weighted by Crippen LogP contribution is 2.31.